The van der Waals surface area contributed by atoms with Crippen molar-refractivity contribution in [2.45, 2.75) is 6.92 Å². The smallest absolute Gasteiger partial charge is 0.355 e. The highest BCUT2D eigenvalue weighted by Gasteiger charge is 2.38. The molecule has 0 unspecified atom stereocenters. The minimum atomic E-state index is -1.79. The molecule has 3 N–H and O–H groups in total. The summed E-state index contributed by atoms with van der Waals surface area (Å²) >= 11 is 0. The molecule has 0 fully saturated rings. The van der Waals surface area contributed by atoms with Crippen molar-refractivity contribution in [1.82, 2.24) is 4.57 Å². The van der Waals surface area contributed by atoms with Gasteiger partial charge in [-0.05, 0) is 19.1 Å². The minimum absolute atomic E-state index is 0.110. The van der Waals surface area contributed by atoms with Crippen LogP contribution in [0.4, 0.5) is 0 Å². The molecule has 2 rings (SSSR count). The lowest BCUT2D eigenvalue weighted by Gasteiger charge is -2.11. The van der Waals surface area contributed by atoms with Crippen molar-refractivity contribution in [2.75, 3.05) is 7.11 Å². The number of hydrogen-bond donors (Lipinski definition) is 3. The Morgan fingerprint density at radius 1 is 0.840 bits per heavy atom. The normalized spacial score (nSPS) is 10.3. The summed E-state index contributed by atoms with van der Waals surface area (Å²) < 4.78 is 5.30. The molecule has 0 saturated heterocycles. The predicted octanol–water partition coefficient (Wildman–Crippen LogP) is 1.67. The van der Waals surface area contributed by atoms with Crippen molar-refractivity contribution in [3.63, 3.8) is 0 Å². The van der Waals surface area contributed by atoms with Crippen molar-refractivity contribution in [3.05, 3.63) is 52.3 Å². The van der Waals surface area contributed by atoms with Crippen LogP contribution >= 0.6 is 0 Å². The standard InChI is InChI=1S/C16H13NO8/c1-7-3-5-8(6-4-7)17-11(15(22)23)9(13(18)19)10(14(20)21)12(17)16(24)25-2/h3-6H,1-2H3,(H,18,19)(H,20,21)(H,22,23). The van der Waals surface area contributed by atoms with Gasteiger partial charge in [-0.3, -0.25) is 4.57 Å². The third-order valence-corrected chi connectivity index (χ3v) is 3.47. The predicted molar refractivity (Wildman–Crippen MR) is 82.7 cm³/mol. The quantitative estimate of drug-likeness (QED) is 0.693. The van der Waals surface area contributed by atoms with Crippen molar-refractivity contribution in [3.8, 4) is 5.69 Å². The molecule has 9 heteroatoms. The second-order valence-corrected chi connectivity index (χ2v) is 5.03. The summed E-state index contributed by atoms with van der Waals surface area (Å²) in [4.78, 5) is 46.9. The maximum absolute atomic E-state index is 12.1. The van der Waals surface area contributed by atoms with Crippen LogP contribution in [0.15, 0.2) is 24.3 Å². The molecule has 25 heavy (non-hydrogen) atoms. The summed E-state index contributed by atoms with van der Waals surface area (Å²) in [5.41, 5.74) is -2.55. The fourth-order valence-corrected chi connectivity index (χ4v) is 2.43. The maximum atomic E-state index is 12.1. The SMILES string of the molecule is COC(=O)c1c(C(=O)O)c(C(=O)O)c(C(=O)O)n1-c1ccc(C)cc1. The van der Waals surface area contributed by atoms with Crippen LogP contribution in [0.1, 0.15) is 47.3 Å². The highest BCUT2D eigenvalue weighted by Crippen LogP contribution is 2.28. The van der Waals surface area contributed by atoms with Crippen LogP contribution in [0.2, 0.25) is 0 Å². The van der Waals surface area contributed by atoms with Crippen LogP contribution in [0.5, 0.6) is 0 Å². The average Bonchev–Trinajstić information content (AvgIpc) is 2.91. The lowest BCUT2D eigenvalue weighted by Crippen LogP contribution is -2.16. The van der Waals surface area contributed by atoms with E-state index < -0.39 is 46.4 Å². The number of nitrogens with zero attached hydrogens (tertiary/aromatic N) is 1. The number of rotatable bonds is 5. The van der Waals surface area contributed by atoms with E-state index in [-0.39, 0.29) is 5.69 Å². The molecule has 0 saturated carbocycles. The lowest BCUT2D eigenvalue weighted by molar-refractivity contribution is 0.0573. The van der Waals surface area contributed by atoms with Gasteiger partial charge >= 0.3 is 23.9 Å². The van der Waals surface area contributed by atoms with Gasteiger partial charge in [-0.2, -0.15) is 0 Å². The molecule has 0 atom stereocenters. The Kier molecular flexibility index (Phi) is 4.59. The van der Waals surface area contributed by atoms with Crippen molar-refractivity contribution in [1.29, 1.82) is 0 Å². The zero-order valence-corrected chi connectivity index (χ0v) is 13.1. The Labute approximate surface area is 140 Å². The second kappa shape index (κ2) is 6.48. The van der Waals surface area contributed by atoms with E-state index in [1.54, 1.807) is 19.1 Å². The molecule has 0 bridgehead atoms. The van der Waals surface area contributed by atoms with Gasteiger partial charge in [-0.1, -0.05) is 17.7 Å². The van der Waals surface area contributed by atoms with E-state index in [2.05, 4.69) is 4.74 Å². The van der Waals surface area contributed by atoms with E-state index in [0.29, 0.717) is 0 Å². The number of ether oxygens (including phenoxy) is 1. The van der Waals surface area contributed by atoms with Crippen LogP contribution in [0.3, 0.4) is 0 Å². The van der Waals surface area contributed by atoms with E-state index in [1.807, 2.05) is 0 Å². The topological polar surface area (TPSA) is 143 Å². The first-order valence-electron chi connectivity index (χ1n) is 6.84. The summed E-state index contributed by atoms with van der Waals surface area (Å²) in [6, 6.07) is 6.07. The van der Waals surface area contributed by atoms with Crippen LogP contribution in [-0.4, -0.2) is 50.9 Å². The molecule has 130 valence electrons. The molecule has 0 amide bonds. The first kappa shape index (κ1) is 17.7. The van der Waals surface area contributed by atoms with Crippen LogP contribution in [0, 0.1) is 6.92 Å². The highest BCUT2D eigenvalue weighted by atomic mass is 16.5. The van der Waals surface area contributed by atoms with Gasteiger partial charge in [-0.15, -0.1) is 0 Å². The lowest BCUT2D eigenvalue weighted by atomic mass is 10.1. The fraction of sp³-hybridized carbons (Fsp3) is 0.125. The number of carboxylic acids is 3. The van der Waals surface area contributed by atoms with E-state index in [1.165, 1.54) is 12.1 Å². The van der Waals surface area contributed by atoms with Gasteiger partial charge in [0, 0.05) is 5.69 Å². The molecule has 0 spiro atoms. The molecule has 1 aromatic carbocycles. The number of benzene rings is 1. The second-order valence-electron chi connectivity index (χ2n) is 5.03. The summed E-state index contributed by atoms with van der Waals surface area (Å²) in [6.07, 6.45) is 0. The number of carbonyl (C=O) groups excluding carboxylic acids is 1. The highest BCUT2D eigenvalue weighted by molar-refractivity contribution is 6.14. The summed E-state index contributed by atoms with van der Waals surface area (Å²) in [5, 5.41) is 28.2. The number of aromatic nitrogens is 1. The zero-order valence-electron chi connectivity index (χ0n) is 13.1. The average molecular weight is 347 g/mol. The van der Waals surface area contributed by atoms with Crippen LogP contribution in [0.25, 0.3) is 5.69 Å². The van der Waals surface area contributed by atoms with E-state index in [0.717, 1.165) is 17.2 Å². The molecule has 0 aliphatic rings. The summed E-state index contributed by atoms with van der Waals surface area (Å²) in [6.45, 7) is 1.77. The molecule has 1 aromatic heterocycles. The Hall–Kier alpha value is -3.62. The number of aryl methyl sites for hydroxylation is 1. The van der Waals surface area contributed by atoms with Gasteiger partial charge in [0.05, 0.1) is 7.11 Å². The van der Waals surface area contributed by atoms with Gasteiger partial charge < -0.3 is 20.1 Å². The zero-order chi connectivity index (χ0) is 18.9. The van der Waals surface area contributed by atoms with Gasteiger partial charge in [0.15, 0.2) is 0 Å². The molecule has 9 nitrogen and oxygen atoms in total. The Bertz CT molecular complexity index is 892. The number of aromatic carboxylic acids is 3. The van der Waals surface area contributed by atoms with Gasteiger partial charge in [0.2, 0.25) is 0 Å². The maximum Gasteiger partial charge on any atom is 0.355 e. The number of carboxylic acid groups (broad SMARTS) is 3. The number of carbonyl (C=O) groups is 4. The summed E-state index contributed by atoms with van der Waals surface area (Å²) in [5.74, 6) is -6.42. The molecule has 0 radical (unpaired) electrons. The molecule has 2 aromatic rings. The third kappa shape index (κ3) is 2.94. The Morgan fingerprint density at radius 2 is 1.32 bits per heavy atom. The van der Waals surface area contributed by atoms with E-state index in [4.69, 9.17) is 0 Å². The van der Waals surface area contributed by atoms with Crippen molar-refractivity contribution < 1.29 is 39.2 Å². The number of hydrogen-bond acceptors (Lipinski definition) is 5. The molecule has 0 aliphatic heterocycles. The monoisotopic (exact) mass is 347 g/mol. The molecule has 0 aliphatic carbocycles. The van der Waals surface area contributed by atoms with E-state index >= 15 is 0 Å². The van der Waals surface area contributed by atoms with Gasteiger partial charge in [0.25, 0.3) is 0 Å². The van der Waals surface area contributed by atoms with E-state index in [9.17, 15) is 34.5 Å². The van der Waals surface area contributed by atoms with Crippen LogP contribution in [-0.2, 0) is 4.74 Å². The Balaban J connectivity index is 3.06. The third-order valence-electron chi connectivity index (χ3n) is 3.47. The van der Waals surface area contributed by atoms with Crippen LogP contribution < -0.4 is 0 Å². The fourth-order valence-electron chi connectivity index (χ4n) is 2.43. The summed E-state index contributed by atoms with van der Waals surface area (Å²) in [7, 11) is 0.974. The molecule has 1 heterocycles. The number of esters is 1. The number of methoxy groups -OCH3 is 1. The van der Waals surface area contributed by atoms with Crippen molar-refractivity contribution in [2.24, 2.45) is 0 Å². The largest absolute Gasteiger partial charge is 0.478 e. The Morgan fingerprint density at radius 3 is 1.72 bits per heavy atom. The van der Waals surface area contributed by atoms with Gasteiger partial charge in [0.1, 0.15) is 22.5 Å². The first-order valence-corrected chi connectivity index (χ1v) is 6.84. The molecular weight excluding hydrogens is 334 g/mol. The van der Waals surface area contributed by atoms with Gasteiger partial charge in [-0.25, -0.2) is 19.2 Å². The molecular formula is C16H13NO8. The van der Waals surface area contributed by atoms with Crippen molar-refractivity contribution >= 4 is 23.9 Å². The minimum Gasteiger partial charge on any atom is -0.478 e. The first-order chi connectivity index (χ1) is 11.7.